The number of fused-ring (bicyclic) bond motifs is 1. The third-order valence-electron chi connectivity index (χ3n) is 7.83. The van der Waals surface area contributed by atoms with E-state index in [0.717, 1.165) is 52.2 Å². The van der Waals surface area contributed by atoms with E-state index in [2.05, 4.69) is 43.6 Å². The average molecular weight is 574 g/mol. The minimum atomic E-state index is -2.96. The molecule has 2 N–H and O–H groups in total. The Morgan fingerprint density at radius 1 is 1.12 bits per heavy atom. The van der Waals surface area contributed by atoms with Crippen LogP contribution in [0.3, 0.4) is 0 Å². The summed E-state index contributed by atoms with van der Waals surface area (Å²) in [5.74, 6) is 1.99. The number of hydrogen-bond donors (Lipinski definition) is 2. The lowest BCUT2D eigenvalue weighted by molar-refractivity contribution is 0.0964. The number of hydrogen-bond acceptors (Lipinski definition) is 9. The molecule has 1 aliphatic heterocycles. The number of para-hydroxylation sites is 1. The molecule has 1 saturated heterocycles. The molecule has 214 valence electrons. The van der Waals surface area contributed by atoms with Crippen LogP contribution >= 0.6 is 0 Å². The Balaban J connectivity index is 1.25. The zero-order valence-corrected chi connectivity index (χ0v) is 24.4. The van der Waals surface area contributed by atoms with Gasteiger partial charge in [0.15, 0.2) is 9.84 Å². The van der Waals surface area contributed by atoms with Crippen LogP contribution < -0.4 is 15.5 Å². The van der Waals surface area contributed by atoms with E-state index in [1.165, 1.54) is 6.33 Å². The van der Waals surface area contributed by atoms with E-state index in [0.29, 0.717) is 18.5 Å². The van der Waals surface area contributed by atoms with Gasteiger partial charge in [0.05, 0.1) is 28.3 Å². The first kappa shape index (κ1) is 28.4. The zero-order valence-electron chi connectivity index (χ0n) is 23.5. The topological polar surface area (TPSA) is 130 Å². The molecule has 1 amide bonds. The van der Waals surface area contributed by atoms with Gasteiger partial charge in [-0.1, -0.05) is 25.1 Å². The fourth-order valence-electron chi connectivity index (χ4n) is 5.44. The molecule has 4 aromatic rings. The van der Waals surface area contributed by atoms with Gasteiger partial charge in [-0.15, -0.1) is 0 Å². The van der Waals surface area contributed by atoms with E-state index >= 15 is 0 Å². The Kier molecular flexibility index (Phi) is 8.44. The predicted molar refractivity (Wildman–Crippen MR) is 162 cm³/mol. The first-order valence-corrected chi connectivity index (χ1v) is 15.7. The number of carbonyl (C=O) groups is 1. The molecule has 0 aliphatic carbocycles. The van der Waals surface area contributed by atoms with Crippen molar-refractivity contribution >= 4 is 38.3 Å². The van der Waals surface area contributed by atoms with E-state index in [9.17, 15) is 13.2 Å². The van der Waals surface area contributed by atoms with E-state index in [1.807, 2.05) is 42.3 Å². The second-order valence-corrected chi connectivity index (χ2v) is 12.6. The Bertz CT molecular complexity index is 1640. The van der Waals surface area contributed by atoms with E-state index in [-0.39, 0.29) is 29.4 Å². The van der Waals surface area contributed by atoms with Crippen LogP contribution in [0.2, 0.25) is 0 Å². The maximum Gasteiger partial charge on any atom is 0.251 e. The molecule has 10 nitrogen and oxygen atoms in total. The molecule has 4 heterocycles. The minimum absolute atomic E-state index is 0.0531. The molecule has 41 heavy (non-hydrogen) atoms. The molecule has 2 unspecified atom stereocenters. The van der Waals surface area contributed by atoms with E-state index in [4.69, 9.17) is 0 Å². The van der Waals surface area contributed by atoms with Crippen LogP contribution in [0.15, 0.2) is 61.2 Å². The third-order valence-corrected chi connectivity index (χ3v) is 9.58. The highest BCUT2D eigenvalue weighted by Gasteiger charge is 2.31. The third kappa shape index (κ3) is 6.30. The van der Waals surface area contributed by atoms with Crippen molar-refractivity contribution in [3.05, 3.63) is 72.3 Å². The maximum atomic E-state index is 12.4. The summed E-state index contributed by atoms with van der Waals surface area (Å²) in [5.41, 5.74) is 4.22. The molecule has 2 atom stereocenters. The smallest absolute Gasteiger partial charge is 0.251 e. The summed E-state index contributed by atoms with van der Waals surface area (Å²) in [6.45, 7) is 2.86. The van der Waals surface area contributed by atoms with Crippen molar-refractivity contribution in [3.8, 4) is 11.3 Å². The fourth-order valence-corrected chi connectivity index (χ4v) is 7.22. The number of nitrogens with zero attached hydrogens (tertiary/aromatic N) is 5. The lowest BCUT2D eigenvalue weighted by atomic mass is 9.90. The SMILES string of the molecule is CCC(CCNc1cc(-c2ccc(N(C)C3CCS(=O)(=O)C3)nc2)ncn1)c1cccc2c(C(=O)NC)ccnc12. The Hall–Kier alpha value is -4.12. The van der Waals surface area contributed by atoms with Gasteiger partial charge < -0.3 is 15.5 Å². The minimum Gasteiger partial charge on any atom is -0.370 e. The molecule has 1 aliphatic rings. The molecule has 3 aromatic heterocycles. The second-order valence-electron chi connectivity index (χ2n) is 10.4. The lowest BCUT2D eigenvalue weighted by Gasteiger charge is -2.24. The normalized spacial score (nSPS) is 16.8. The van der Waals surface area contributed by atoms with Gasteiger partial charge in [-0.2, -0.15) is 0 Å². The van der Waals surface area contributed by atoms with Crippen LogP contribution in [0.4, 0.5) is 11.6 Å². The van der Waals surface area contributed by atoms with E-state index < -0.39 is 9.84 Å². The summed E-state index contributed by atoms with van der Waals surface area (Å²) in [5, 5.41) is 7.00. The van der Waals surface area contributed by atoms with Crippen molar-refractivity contribution in [2.24, 2.45) is 0 Å². The van der Waals surface area contributed by atoms with Gasteiger partial charge in [0.1, 0.15) is 18.0 Å². The number of aromatic nitrogens is 4. The van der Waals surface area contributed by atoms with Gasteiger partial charge in [0, 0.05) is 56.1 Å². The largest absolute Gasteiger partial charge is 0.370 e. The van der Waals surface area contributed by atoms with Crippen LogP contribution in [-0.2, 0) is 9.84 Å². The van der Waals surface area contributed by atoms with Crippen molar-refractivity contribution < 1.29 is 13.2 Å². The number of rotatable bonds is 10. The zero-order chi connectivity index (χ0) is 29.0. The highest BCUT2D eigenvalue weighted by atomic mass is 32.2. The molecule has 0 saturated carbocycles. The number of pyridine rings is 2. The molecule has 0 radical (unpaired) electrons. The number of carbonyl (C=O) groups excluding carboxylic acids is 1. The fraction of sp³-hybridized carbons (Fsp3) is 0.367. The summed E-state index contributed by atoms with van der Waals surface area (Å²) in [6.07, 6.45) is 7.40. The Morgan fingerprint density at radius 3 is 2.68 bits per heavy atom. The monoisotopic (exact) mass is 573 g/mol. The van der Waals surface area contributed by atoms with E-state index in [1.54, 1.807) is 25.5 Å². The average Bonchev–Trinajstić information content (AvgIpc) is 3.37. The summed E-state index contributed by atoms with van der Waals surface area (Å²) in [4.78, 5) is 32.3. The molecule has 1 aromatic carbocycles. The lowest BCUT2D eigenvalue weighted by Crippen LogP contribution is -2.33. The van der Waals surface area contributed by atoms with Gasteiger partial charge in [0.25, 0.3) is 5.91 Å². The quantitative estimate of drug-likeness (QED) is 0.288. The molecule has 1 fully saturated rings. The number of sulfone groups is 1. The van der Waals surface area contributed by atoms with Gasteiger partial charge in [-0.25, -0.2) is 23.4 Å². The molecular formula is C30H35N7O3S. The van der Waals surface area contributed by atoms with Crippen molar-refractivity contribution in [2.75, 3.05) is 42.4 Å². The van der Waals surface area contributed by atoms with Crippen LogP contribution in [-0.4, -0.2) is 72.4 Å². The van der Waals surface area contributed by atoms with Crippen LogP contribution in [0, 0.1) is 0 Å². The van der Waals surface area contributed by atoms with Crippen molar-refractivity contribution in [1.29, 1.82) is 0 Å². The predicted octanol–water partition coefficient (Wildman–Crippen LogP) is 4.07. The number of amides is 1. The molecule has 0 spiro atoms. The standard InChI is InChI=1S/C30H35N7O3S/c1-4-20(23-6-5-7-24-25(30(38)31-2)11-14-33-29(23)24)10-13-32-27-16-26(35-19-36-27)21-8-9-28(34-17-21)37(3)22-12-15-41(39,40)18-22/h5-9,11,14,16-17,19-20,22H,4,10,12-13,15,18H2,1-3H3,(H,31,38)(H,32,35,36). The highest BCUT2D eigenvalue weighted by Crippen LogP contribution is 2.31. The first-order chi connectivity index (χ1) is 19.8. The van der Waals surface area contributed by atoms with Crippen molar-refractivity contribution in [2.45, 2.75) is 38.1 Å². The van der Waals surface area contributed by atoms with Crippen molar-refractivity contribution in [3.63, 3.8) is 0 Å². The first-order valence-electron chi connectivity index (χ1n) is 13.8. The van der Waals surface area contributed by atoms with Crippen molar-refractivity contribution in [1.82, 2.24) is 25.3 Å². The number of anilines is 2. The summed E-state index contributed by atoms with van der Waals surface area (Å²) < 4.78 is 23.7. The molecule has 11 heteroatoms. The Morgan fingerprint density at radius 2 is 1.98 bits per heavy atom. The Labute approximate surface area is 240 Å². The van der Waals surface area contributed by atoms with Crippen LogP contribution in [0.1, 0.15) is 48.0 Å². The van der Waals surface area contributed by atoms with Gasteiger partial charge in [-0.3, -0.25) is 9.78 Å². The van der Waals surface area contributed by atoms with Crippen LogP contribution in [0.5, 0.6) is 0 Å². The second kappa shape index (κ2) is 12.2. The molecular weight excluding hydrogens is 538 g/mol. The molecule has 5 rings (SSSR count). The van der Waals surface area contributed by atoms with Gasteiger partial charge >= 0.3 is 0 Å². The van der Waals surface area contributed by atoms with Gasteiger partial charge in [-0.05, 0) is 48.9 Å². The molecule has 0 bridgehead atoms. The summed E-state index contributed by atoms with van der Waals surface area (Å²) >= 11 is 0. The van der Waals surface area contributed by atoms with Gasteiger partial charge in [0.2, 0.25) is 0 Å². The van der Waals surface area contributed by atoms with Crippen LogP contribution in [0.25, 0.3) is 22.2 Å². The highest BCUT2D eigenvalue weighted by molar-refractivity contribution is 7.91. The number of benzene rings is 1. The summed E-state index contributed by atoms with van der Waals surface area (Å²) in [7, 11) is 0.560. The maximum absolute atomic E-state index is 12.4. The summed E-state index contributed by atoms with van der Waals surface area (Å²) in [6, 6.07) is 13.5. The number of nitrogens with one attached hydrogen (secondary N) is 2.